The monoisotopic (exact) mass is 390 g/mol. The Bertz CT molecular complexity index is 940. The SMILES string of the molecule is COc1cc(OCC(=O)NCc2nc(-c3cccs3)no2)ccc1[N+](=O)[O-]. The van der Waals surface area contributed by atoms with Gasteiger partial charge in [0.2, 0.25) is 17.5 Å². The molecule has 27 heavy (non-hydrogen) atoms. The maximum atomic E-state index is 11.9. The third kappa shape index (κ3) is 4.58. The van der Waals surface area contributed by atoms with E-state index in [1.165, 1.54) is 36.6 Å². The lowest BCUT2D eigenvalue weighted by Gasteiger charge is -2.08. The van der Waals surface area contributed by atoms with Crippen molar-refractivity contribution in [2.45, 2.75) is 6.54 Å². The second-order valence-corrected chi connectivity index (χ2v) is 6.09. The molecule has 0 aliphatic carbocycles. The number of aromatic nitrogens is 2. The number of thiophene rings is 1. The maximum Gasteiger partial charge on any atom is 0.311 e. The summed E-state index contributed by atoms with van der Waals surface area (Å²) in [5.41, 5.74) is -0.188. The molecule has 11 heteroatoms. The Morgan fingerprint density at radius 3 is 2.96 bits per heavy atom. The zero-order chi connectivity index (χ0) is 19.2. The number of nitrogens with one attached hydrogen (secondary N) is 1. The van der Waals surface area contributed by atoms with Crippen molar-refractivity contribution in [3.63, 3.8) is 0 Å². The van der Waals surface area contributed by atoms with Crippen molar-refractivity contribution in [3.8, 4) is 22.2 Å². The highest BCUT2D eigenvalue weighted by Crippen LogP contribution is 2.30. The maximum absolute atomic E-state index is 11.9. The van der Waals surface area contributed by atoms with E-state index in [1.807, 2.05) is 17.5 Å². The second-order valence-electron chi connectivity index (χ2n) is 5.15. The topological polar surface area (TPSA) is 130 Å². The quantitative estimate of drug-likeness (QED) is 0.458. The van der Waals surface area contributed by atoms with Crippen LogP contribution in [0, 0.1) is 10.1 Å². The number of amides is 1. The summed E-state index contributed by atoms with van der Waals surface area (Å²) < 4.78 is 15.3. The summed E-state index contributed by atoms with van der Waals surface area (Å²) in [6.07, 6.45) is 0. The van der Waals surface area contributed by atoms with Crippen LogP contribution in [0.5, 0.6) is 11.5 Å². The molecule has 0 fully saturated rings. The Morgan fingerprint density at radius 2 is 2.26 bits per heavy atom. The molecule has 3 aromatic rings. The van der Waals surface area contributed by atoms with E-state index in [2.05, 4.69) is 15.5 Å². The molecular weight excluding hydrogens is 376 g/mol. The average molecular weight is 390 g/mol. The lowest BCUT2D eigenvalue weighted by Crippen LogP contribution is -2.28. The molecule has 3 rings (SSSR count). The van der Waals surface area contributed by atoms with E-state index in [0.717, 1.165) is 4.88 Å². The minimum Gasteiger partial charge on any atom is -0.490 e. The Balaban J connectivity index is 1.51. The van der Waals surface area contributed by atoms with Gasteiger partial charge >= 0.3 is 5.69 Å². The normalized spacial score (nSPS) is 10.4. The van der Waals surface area contributed by atoms with E-state index in [1.54, 1.807) is 0 Å². The molecule has 0 unspecified atom stereocenters. The molecule has 0 spiro atoms. The van der Waals surface area contributed by atoms with Crippen molar-refractivity contribution < 1.29 is 23.7 Å². The average Bonchev–Trinajstić information content (AvgIpc) is 3.35. The van der Waals surface area contributed by atoms with Crippen molar-refractivity contribution in [1.82, 2.24) is 15.5 Å². The molecule has 1 N–H and O–H groups in total. The second kappa shape index (κ2) is 8.27. The summed E-state index contributed by atoms with van der Waals surface area (Å²) in [5, 5.41) is 19.2. The van der Waals surface area contributed by atoms with Crippen LogP contribution in [0.25, 0.3) is 10.7 Å². The largest absolute Gasteiger partial charge is 0.490 e. The molecule has 2 heterocycles. The molecule has 0 saturated heterocycles. The molecule has 0 radical (unpaired) electrons. The number of carbonyl (C=O) groups excluding carboxylic acids is 1. The number of rotatable bonds is 8. The zero-order valence-electron chi connectivity index (χ0n) is 14.1. The first-order chi connectivity index (χ1) is 13.1. The summed E-state index contributed by atoms with van der Waals surface area (Å²) in [6, 6.07) is 7.72. The van der Waals surface area contributed by atoms with Crippen LogP contribution in [-0.4, -0.2) is 34.7 Å². The van der Waals surface area contributed by atoms with Crippen molar-refractivity contribution in [3.05, 3.63) is 51.7 Å². The first-order valence-electron chi connectivity index (χ1n) is 7.65. The molecule has 0 aliphatic rings. The van der Waals surface area contributed by atoms with Crippen LogP contribution in [0.4, 0.5) is 5.69 Å². The molecule has 0 atom stereocenters. The van der Waals surface area contributed by atoms with Crippen molar-refractivity contribution in [1.29, 1.82) is 0 Å². The number of methoxy groups -OCH3 is 1. The molecule has 1 amide bonds. The van der Waals surface area contributed by atoms with E-state index < -0.39 is 10.8 Å². The fraction of sp³-hybridized carbons (Fsp3) is 0.188. The number of ether oxygens (including phenoxy) is 2. The molecule has 10 nitrogen and oxygen atoms in total. The molecule has 2 aromatic heterocycles. The number of benzene rings is 1. The Morgan fingerprint density at radius 1 is 1.41 bits per heavy atom. The number of hydrogen-bond acceptors (Lipinski definition) is 9. The van der Waals surface area contributed by atoms with Gasteiger partial charge in [0.15, 0.2) is 6.61 Å². The van der Waals surface area contributed by atoms with Gasteiger partial charge in [0, 0.05) is 12.1 Å². The minimum absolute atomic E-state index is 0.0462. The number of carbonyl (C=O) groups is 1. The fourth-order valence-electron chi connectivity index (χ4n) is 2.11. The zero-order valence-corrected chi connectivity index (χ0v) is 14.9. The van der Waals surface area contributed by atoms with Crippen LogP contribution >= 0.6 is 11.3 Å². The van der Waals surface area contributed by atoms with Gasteiger partial charge in [-0.3, -0.25) is 14.9 Å². The Hall–Kier alpha value is -3.47. The smallest absolute Gasteiger partial charge is 0.311 e. The highest BCUT2D eigenvalue weighted by atomic mass is 32.1. The predicted molar refractivity (Wildman–Crippen MR) is 94.6 cm³/mol. The highest BCUT2D eigenvalue weighted by molar-refractivity contribution is 7.13. The van der Waals surface area contributed by atoms with Crippen molar-refractivity contribution in [2.75, 3.05) is 13.7 Å². The van der Waals surface area contributed by atoms with Crippen LogP contribution < -0.4 is 14.8 Å². The van der Waals surface area contributed by atoms with E-state index in [-0.39, 0.29) is 36.2 Å². The molecule has 1 aromatic carbocycles. The third-order valence-corrected chi connectivity index (χ3v) is 4.23. The lowest BCUT2D eigenvalue weighted by atomic mass is 10.3. The number of nitro benzene ring substituents is 1. The molecular formula is C16H14N4O6S. The van der Waals surface area contributed by atoms with E-state index in [0.29, 0.717) is 5.82 Å². The van der Waals surface area contributed by atoms with Gasteiger partial charge in [-0.05, 0) is 17.5 Å². The van der Waals surface area contributed by atoms with Gasteiger partial charge in [-0.25, -0.2) is 0 Å². The first-order valence-corrected chi connectivity index (χ1v) is 8.53. The molecule has 0 bridgehead atoms. The summed E-state index contributed by atoms with van der Waals surface area (Å²) in [6.45, 7) is -0.225. The van der Waals surface area contributed by atoms with Gasteiger partial charge in [0.05, 0.1) is 23.5 Å². The van der Waals surface area contributed by atoms with Gasteiger partial charge in [-0.15, -0.1) is 11.3 Å². The van der Waals surface area contributed by atoms with Crippen molar-refractivity contribution in [2.24, 2.45) is 0 Å². The minimum atomic E-state index is -0.565. The van der Waals surface area contributed by atoms with Crippen LogP contribution in [0.1, 0.15) is 5.89 Å². The fourth-order valence-corrected chi connectivity index (χ4v) is 2.75. The summed E-state index contributed by atoms with van der Waals surface area (Å²) in [4.78, 5) is 27.2. The van der Waals surface area contributed by atoms with Gasteiger partial charge < -0.3 is 19.3 Å². The number of nitrogens with zero attached hydrogens (tertiary/aromatic N) is 3. The van der Waals surface area contributed by atoms with Crippen LogP contribution in [-0.2, 0) is 11.3 Å². The molecule has 0 aliphatic heterocycles. The lowest BCUT2D eigenvalue weighted by molar-refractivity contribution is -0.385. The third-order valence-electron chi connectivity index (χ3n) is 3.36. The van der Waals surface area contributed by atoms with E-state index in [4.69, 9.17) is 14.0 Å². The number of hydrogen-bond donors (Lipinski definition) is 1. The van der Waals surface area contributed by atoms with Crippen molar-refractivity contribution >= 4 is 22.9 Å². The molecule has 140 valence electrons. The van der Waals surface area contributed by atoms with Crippen LogP contribution in [0.2, 0.25) is 0 Å². The highest BCUT2D eigenvalue weighted by Gasteiger charge is 2.16. The Kier molecular flexibility index (Phi) is 5.61. The van der Waals surface area contributed by atoms with Crippen LogP contribution in [0.3, 0.4) is 0 Å². The summed E-state index contributed by atoms with van der Waals surface area (Å²) in [7, 11) is 1.31. The van der Waals surface area contributed by atoms with Gasteiger partial charge in [0.1, 0.15) is 5.75 Å². The predicted octanol–water partition coefficient (Wildman–Crippen LogP) is 2.41. The summed E-state index contributed by atoms with van der Waals surface area (Å²) in [5.74, 6) is 0.630. The van der Waals surface area contributed by atoms with Crippen LogP contribution in [0.15, 0.2) is 40.2 Å². The number of nitro groups is 1. The summed E-state index contributed by atoms with van der Waals surface area (Å²) >= 11 is 1.48. The van der Waals surface area contributed by atoms with Gasteiger partial charge in [0.25, 0.3) is 5.91 Å². The molecule has 0 saturated carbocycles. The van der Waals surface area contributed by atoms with Gasteiger partial charge in [-0.1, -0.05) is 11.2 Å². The first kappa shape index (κ1) is 18.3. The van der Waals surface area contributed by atoms with Gasteiger partial charge in [-0.2, -0.15) is 4.98 Å². The Labute approximate surface area is 156 Å². The van der Waals surface area contributed by atoms with E-state index in [9.17, 15) is 14.9 Å². The van der Waals surface area contributed by atoms with E-state index >= 15 is 0 Å². The standard InChI is InChI=1S/C16H14N4O6S/c1-24-12-7-10(4-5-11(12)20(22)23)25-9-14(21)17-8-15-18-16(19-26-15)13-3-2-6-27-13/h2-7H,8-9H2,1H3,(H,17,21).